The van der Waals surface area contributed by atoms with Crippen LogP contribution in [0, 0.1) is 10.1 Å². The Morgan fingerprint density at radius 1 is 1.22 bits per heavy atom. The highest BCUT2D eigenvalue weighted by molar-refractivity contribution is 6.31. The van der Waals surface area contributed by atoms with Gasteiger partial charge in [0, 0.05) is 18.7 Å². The Morgan fingerprint density at radius 3 is 2.62 bits per heavy atom. The van der Waals surface area contributed by atoms with Crippen LogP contribution in [0.4, 0.5) is 10.5 Å². The first-order valence-electron chi connectivity index (χ1n) is 9.39. The van der Waals surface area contributed by atoms with Crippen molar-refractivity contribution in [3.05, 3.63) is 70.4 Å². The fourth-order valence-corrected chi connectivity index (χ4v) is 2.78. The third-order valence-corrected chi connectivity index (χ3v) is 4.22. The molecule has 1 aromatic heterocycles. The van der Waals surface area contributed by atoms with E-state index in [0.29, 0.717) is 17.9 Å². The van der Waals surface area contributed by atoms with Crippen LogP contribution in [0.5, 0.6) is 17.4 Å². The second kappa shape index (κ2) is 9.51. The molecule has 0 unspecified atom stereocenters. The van der Waals surface area contributed by atoms with Gasteiger partial charge >= 0.3 is 6.03 Å². The number of carbonyl (C=O) groups is 3. The minimum absolute atomic E-state index is 0.0471. The molecule has 3 rings (SSSR count). The Hall–Kier alpha value is -4.54. The Kier molecular flexibility index (Phi) is 6.59. The number of barbiturate groups is 1. The summed E-state index contributed by atoms with van der Waals surface area (Å²) < 4.78 is 11.2. The normalized spacial score (nSPS) is 14.8. The summed E-state index contributed by atoms with van der Waals surface area (Å²) in [5.74, 6) is -0.869. The number of urea groups is 1. The van der Waals surface area contributed by atoms with Gasteiger partial charge in [-0.25, -0.2) is 9.78 Å². The van der Waals surface area contributed by atoms with E-state index < -0.39 is 22.8 Å². The van der Waals surface area contributed by atoms with Gasteiger partial charge in [0.15, 0.2) is 11.5 Å². The largest absolute Gasteiger partial charge is 0.490 e. The average molecular weight is 438 g/mol. The van der Waals surface area contributed by atoms with Crippen molar-refractivity contribution in [1.29, 1.82) is 0 Å². The van der Waals surface area contributed by atoms with Crippen LogP contribution in [0.1, 0.15) is 12.5 Å². The molecule has 11 nitrogen and oxygen atoms in total. The van der Waals surface area contributed by atoms with Gasteiger partial charge in [-0.2, -0.15) is 0 Å². The molecule has 4 amide bonds. The van der Waals surface area contributed by atoms with Gasteiger partial charge in [0.2, 0.25) is 5.88 Å². The van der Waals surface area contributed by atoms with Crippen LogP contribution in [0.3, 0.4) is 0 Å². The molecule has 0 bridgehead atoms. The van der Waals surface area contributed by atoms with Gasteiger partial charge in [-0.1, -0.05) is 12.1 Å². The first-order chi connectivity index (χ1) is 15.3. The van der Waals surface area contributed by atoms with E-state index in [1.165, 1.54) is 24.3 Å². The zero-order chi connectivity index (χ0) is 23.3. The summed E-state index contributed by atoms with van der Waals surface area (Å²) in [6.07, 6.45) is 3.77. The number of ether oxygens (including phenoxy) is 2. The van der Waals surface area contributed by atoms with E-state index in [2.05, 4.69) is 16.9 Å². The summed E-state index contributed by atoms with van der Waals surface area (Å²) in [6, 6.07) is 6.45. The van der Waals surface area contributed by atoms with Gasteiger partial charge in [0.1, 0.15) is 11.8 Å². The number of amides is 4. The molecule has 1 fully saturated rings. The first-order valence-corrected chi connectivity index (χ1v) is 9.39. The number of carbonyl (C=O) groups excluding carboxylic acids is 3. The molecular weight excluding hydrogens is 420 g/mol. The molecular formula is C21H18N4O7. The smallest absolute Gasteiger partial charge is 0.331 e. The lowest BCUT2D eigenvalue weighted by Gasteiger charge is -2.25. The minimum atomic E-state index is -0.814. The number of nitro groups is 1. The van der Waals surface area contributed by atoms with Crippen molar-refractivity contribution in [2.24, 2.45) is 0 Å². The van der Waals surface area contributed by atoms with Crippen LogP contribution in [0.15, 0.2) is 54.8 Å². The summed E-state index contributed by atoms with van der Waals surface area (Å²) >= 11 is 0. The van der Waals surface area contributed by atoms with Crippen molar-refractivity contribution >= 4 is 29.6 Å². The number of hydrogen-bond donors (Lipinski definition) is 1. The molecule has 32 heavy (non-hydrogen) atoms. The lowest BCUT2D eigenvalue weighted by Crippen LogP contribution is -2.54. The molecule has 11 heteroatoms. The van der Waals surface area contributed by atoms with E-state index in [1.54, 1.807) is 25.1 Å². The van der Waals surface area contributed by atoms with E-state index in [9.17, 15) is 24.5 Å². The minimum Gasteiger partial charge on any atom is -0.490 e. The molecule has 164 valence electrons. The van der Waals surface area contributed by atoms with Crippen LogP contribution in [-0.2, 0) is 9.59 Å². The Labute approximate surface area is 182 Å². The third-order valence-electron chi connectivity index (χ3n) is 4.22. The highest BCUT2D eigenvalue weighted by Crippen LogP contribution is 2.33. The van der Waals surface area contributed by atoms with E-state index in [-0.39, 0.29) is 29.4 Å². The van der Waals surface area contributed by atoms with Crippen molar-refractivity contribution < 1.29 is 28.8 Å². The van der Waals surface area contributed by atoms with Crippen LogP contribution >= 0.6 is 0 Å². The lowest BCUT2D eigenvalue weighted by atomic mass is 10.1. The number of pyridine rings is 1. The topological polar surface area (TPSA) is 141 Å². The fourth-order valence-electron chi connectivity index (χ4n) is 2.78. The van der Waals surface area contributed by atoms with Crippen LogP contribution < -0.4 is 14.8 Å². The summed E-state index contributed by atoms with van der Waals surface area (Å²) in [6.45, 7) is 5.50. The molecule has 1 aliphatic heterocycles. The van der Waals surface area contributed by atoms with Gasteiger partial charge in [-0.15, -0.1) is 6.58 Å². The molecule has 0 aliphatic carbocycles. The van der Waals surface area contributed by atoms with Crippen molar-refractivity contribution in [1.82, 2.24) is 15.2 Å². The molecule has 2 heterocycles. The maximum absolute atomic E-state index is 12.6. The van der Waals surface area contributed by atoms with Crippen LogP contribution in [0.25, 0.3) is 6.08 Å². The van der Waals surface area contributed by atoms with E-state index >= 15 is 0 Å². The maximum Gasteiger partial charge on any atom is 0.331 e. The van der Waals surface area contributed by atoms with Gasteiger partial charge in [-0.05, 0) is 30.7 Å². The Morgan fingerprint density at radius 2 is 2.00 bits per heavy atom. The second-order valence-corrected chi connectivity index (χ2v) is 6.37. The number of aromatic nitrogens is 1. The molecule has 1 N–H and O–H groups in total. The number of nitrogens with one attached hydrogen (secondary N) is 1. The second-order valence-electron chi connectivity index (χ2n) is 6.37. The number of nitrogens with zero attached hydrogens (tertiary/aromatic N) is 3. The van der Waals surface area contributed by atoms with Crippen molar-refractivity contribution in [2.75, 3.05) is 13.2 Å². The monoisotopic (exact) mass is 438 g/mol. The number of imide groups is 2. The Bertz CT molecular complexity index is 1130. The lowest BCUT2D eigenvalue weighted by molar-refractivity contribution is -0.385. The van der Waals surface area contributed by atoms with Crippen LogP contribution in [-0.4, -0.2) is 45.8 Å². The van der Waals surface area contributed by atoms with E-state index in [4.69, 9.17) is 9.47 Å². The molecule has 1 aliphatic rings. The molecule has 1 saturated heterocycles. The SMILES string of the molecule is C=CCN1C(=O)NC(=O)/C(=C\c2ccc(Oc3ccc([N+](=O)[O-])cn3)c(OCC)c2)C1=O. The first kappa shape index (κ1) is 22.2. The molecule has 2 aromatic rings. The molecule has 0 atom stereocenters. The summed E-state index contributed by atoms with van der Waals surface area (Å²) in [4.78, 5) is 51.5. The third kappa shape index (κ3) is 4.78. The molecule has 0 spiro atoms. The van der Waals surface area contributed by atoms with Crippen molar-refractivity contribution in [3.63, 3.8) is 0 Å². The number of rotatable bonds is 8. The summed E-state index contributed by atoms with van der Waals surface area (Å²) in [5, 5.41) is 12.9. The predicted octanol–water partition coefficient (Wildman–Crippen LogP) is 2.83. The molecule has 0 saturated carbocycles. The zero-order valence-corrected chi connectivity index (χ0v) is 16.9. The number of benzene rings is 1. The van der Waals surface area contributed by atoms with Crippen LogP contribution in [0.2, 0.25) is 0 Å². The Balaban J connectivity index is 1.90. The quantitative estimate of drug-likeness (QED) is 0.218. The zero-order valence-electron chi connectivity index (χ0n) is 16.9. The predicted molar refractivity (Wildman–Crippen MR) is 112 cm³/mol. The van der Waals surface area contributed by atoms with E-state index in [0.717, 1.165) is 11.1 Å². The highest BCUT2D eigenvalue weighted by atomic mass is 16.6. The fraction of sp³-hybridized carbons (Fsp3) is 0.143. The number of hydrogen-bond acceptors (Lipinski definition) is 8. The standard InChI is InChI=1S/C21H18N4O7/c1-3-9-24-20(27)15(19(26)23-21(24)28)10-13-5-7-16(17(11-13)31-4-2)32-18-8-6-14(12-22-18)25(29)30/h3,5-8,10-12H,1,4,9H2,2H3,(H,23,26,28)/b15-10+. The van der Waals surface area contributed by atoms with Gasteiger partial charge in [0.25, 0.3) is 17.5 Å². The van der Waals surface area contributed by atoms with E-state index in [1.807, 2.05) is 0 Å². The van der Waals surface area contributed by atoms with Crippen molar-refractivity contribution in [3.8, 4) is 17.4 Å². The maximum atomic E-state index is 12.6. The van der Waals surface area contributed by atoms with Gasteiger partial charge < -0.3 is 9.47 Å². The summed E-state index contributed by atoms with van der Waals surface area (Å²) in [7, 11) is 0. The highest BCUT2D eigenvalue weighted by Gasteiger charge is 2.34. The van der Waals surface area contributed by atoms with Crippen molar-refractivity contribution in [2.45, 2.75) is 6.92 Å². The molecule has 1 aromatic carbocycles. The average Bonchev–Trinajstić information content (AvgIpc) is 2.76. The molecule has 0 radical (unpaired) electrons. The van der Waals surface area contributed by atoms with Gasteiger partial charge in [-0.3, -0.25) is 29.9 Å². The summed E-state index contributed by atoms with van der Waals surface area (Å²) in [5.41, 5.74) is 0.0484. The van der Waals surface area contributed by atoms with Gasteiger partial charge in [0.05, 0.1) is 11.5 Å².